The van der Waals surface area contributed by atoms with Crippen molar-refractivity contribution in [2.75, 3.05) is 19.7 Å². The topological polar surface area (TPSA) is 49.8 Å². The molecule has 1 aliphatic heterocycles. The lowest BCUT2D eigenvalue weighted by Gasteiger charge is -2.35. The maximum absolute atomic E-state index is 10.5. The van der Waals surface area contributed by atoms with Gasteiger partial charge in [0, 0.05) is 33.9 Å². The molecule has 0 saturated carbocycles. The normalized spacial score (nSPS) is 19.1. The first kappa shape index (κ1) is 15.9. The highest BCUT2D eigenvalue weighted by molar-refractivity contribution is 9.10. The number of rotatable bonds is 6. The second kappa shape index (κ2) is 7.54. The van der Waals surface area contributed by atoms with Crippen molar-refractivity contribution in [1.29, 1.82) is 0 Å². The molecule has 0 aromatic carbocycles. The van der Waals surface area contributed by atoms with Gasteiger partial charge >= 0.3 is 5.97 Å². The van der Waals surface area contributed by atoms with Gasteiger partial charge in [0.05, 0.1) is 19.1 Å². The summed E-state index contributed by atoms with van der Waals surface area (Å²) in [5, 5.41) is 10.7. The van der Waals surface area contributed by atoms with Crippen molar-refractivity contribution in [2.24, 2.45) is 0 Å². The lowest BCUT2D eigenvalue weighted by atomic mass is 10.1. The van der Waals surface area contributed by atoms with Gasteiger partial charge in [-0.3, -0.25) is 9.69 Å². The average Bonchev–Trinajstić information content (AvgIpc) is 2.85. The molecule has 2 rings (SSSR count). The maximum Gasteiger partial charge on any atom is 0.305 e. The summed E-state index contributed by atoms with van der Waals surface area (Å²) in [6.07, 6.45) is 2.28. The summed E-state index contributed by atoms with van der Waals surface area (Å²) in [5.74, 6) is -0.792. The molecule has 1 aromatic rings. The summed E-state index contributed by atoms with van der Waals surface area (Å²) >= 11 is 5.28. The number of hydrogen-bond donors (Lipinski definition) is 1. The van der Waals surface area contributed by atoms with E-state index in [4.69, 9.17) is 9.84 Å². The van der Waals surface area contributed by atoms with E-state index in [1.807, 2.05) is 0 Å². The Morgan fingerprint density at radius 1 is 1.60 bits per heavy atom. The van der Waals surface area contributed by atoms with Gasteiger partial charge in [-0.2, -0.15) is 0 Å². The minimum Gasteiger partial charge on any atom is -0.481 e. The van der Waals surface area contributed by atoms with Crippen molar-refractivity contribution in [2.45, 2.75) is 38.3 Å². The smallest absolute Gasteiger partial charge is 0.305 e. The average molecular weight is 362 g/mol. The van der Waals surface area contributed by atoms with Crippen LogP contribution in [0.2, 0.25) is 0 Å². The largest absolute Gasteiger partial charge is 0.481 e. The number of thiophene rings is 1. The van der Waals surface area contributed by atoms with Crippen LogP contribution in [0.5, 0.6) is 0 Å². The predicted molar refractivity (Wildman–Crippen MR) is 83.2 cm³/mol. The van der Waals surface area contributed by atoms with Gasteiger partial charge in [-0.05, 0) is 41.8 Å². The Hall–Kier alpha value is -0.430. The molecular weight excluding hydrogens is 342 g/mol. The van der Waals surface area contributed by atoms with Crippen molar-refractivity contribution in [3.8, 4) is 0 Å². The van der Waals surface area contributed by atoms with E-state index < -0.39 is 5.97 Å². The fraction of sp³-hybridized carbons (Fsp3) is 0.643. The first-order valence-corrected chi connectivity index (χ1v) is 8.55. The number of carbonyl (C=O) groups is 1. The Bertz CT molecular complexity index is 443. The summed E-state index contributed by atoms with van der Waals surface area (Å²) in [4.78, 5) is 14.3. The van der Waals surface area contributed by atoms with E-state index in [0.717, 1.165) is 30.4 Å². The standard InChI is InChI=1S/C14H20BrNO3S/c1-10(13-8-11(15)9-20-13)16-5-2-12(3-6-16)19-7-4-14(17)18/h8-10,12H,2-7H2,1H3,(H,17,18). The molecule has 1 aliphatic rings. The predicted octanol–water partition coefficient (Wildman–Crippen LogP) is 3.53. The molecule has 1 fully saturated rings. The summed E-state index contributed by atoms with van der Waals surface area (Å²) in [5.41, 5.74) is 0. The number of nitrogens with zero attached hydrogens (tertiary/aromatic N) is 1. The van der Waals surface area contributed by atoms with Crippen molar-refractivity contribution in [1.82, 2.24) is 4.90 Å². The molecule has 2 heterocycles. The number of ether oxygens (including phenoxy) is 1. The van der Waals surface area contributed by atoms with E-state index in [2.05, 4.69) is 39.2 Å². The molecule has 4 nitrogen and oxygen atoms in total. The van der Waals surface area contributed by atoms with Gasteiger partial charge in [0.25, 0.3) is 0 Å². The van der Waals surface area contributed by atoms with E-state index in [-0.39, 0.29) is 12.5 Å². The minimum absolute atomic E-state index is 0.0971. The van der Waals surface area contributed by atoms with Crippen molar-refractivity contribution in [3.05, 3.63) is 20.8 Å². The van der Waals surface area contributed by atoms with E-state index in [1.165, 1.54) is 4.88 Å². The summed E-state index contributed by atoms with van der Waals surface area (Å²) in [6, 6.07) is 2.62. The maximum atomic E-state index is 10.5. The number of piperidine rings is 1. The first-order chi connectivity index (χ1) is 9.56. The van der Waals surface area contributed by atoms with Gasteiger partial charge in [0.2, 0.25) is 0 Å². The molecule has 1 aromatic heterocycles. The summed E-state index contributed by atoms with van der Waals surface area (Å²) in [6.45, 7) is 4.58. The molecule has 0 radical (unpaired) electrons. The van der Waals surface area contributed by atoms with Gasteiger partial charge in [0.15, 0.2) is 0 Å². The molecule has 1 N–H and O–H groups in total. The van der Waals surface area contributed by atoms with Crippen molar-refractivity contribution < 1.29 is 14.6 Å². The zero-order valence-electron chi connectivity index (χ0n) is 11.5. The Balaban J connectivity index is 1.75. The van der Waals surface area contributed by atoms with Crippen molar-refractivity contribution >= 4 is 33.2 Å². The molecule has 6 heteroatoms. The summed E-state index contributed by atoms with van der Waals surface area (Å²) < 4.78 is 6.77. The number of aliphatic carboxylic acids is 1. The van der Waals surface area contributed by atoms with Crippen molar-refractivity contribution in [3.63, 3.8) is 0 Å². The lowest BCUT2D eigenvalue weighted by Crippen LogP contribution is -2.38. The molecule has 112 valence electrons. The van der Waals surface area contributed by atoms with Crippen LogP contribution in [0, 0.1) is 0 Å². The Morgan fingerprint density at radius 2 is 2.30 bits per heavy atom. The Labute approximate surface area is 131 Å². The van der Waals surface area contributed by atoms with Gasteiger partial charge in [-0.1, -0.05) is 0 Å². The van der Waals surface area contributed by atoms with Gasteiger partial charge in [-0.25, -0.2) is 0 Å². The first-order valence-electron chi connectivity index (χ1n) is 6.87. The Morgan fingerprint density at radius 3 is 2.85 bits per heavy atom. The van der Waals surface area contributed by atoms with E-state index in [9.17, 15) is 4.79 Å². The van der Waals surface area contributed by atoms with Crippen LogP contribution in [0.3, 0.4) is 0 Å². The lowest BCUT2D eigenvalue weighted by molar-refractivity contribution is -0.138. The Kier molecular flexibility index (Phi) is 6.01. The van der Waals surface area contributed by atoms with Gasteiger partial charge in [0.1, 0.15) is 0 Å². The van der Waals surface area contributed by atoms with Gasteiger partial charge < -0.3 is 9.84 Å². The number of carboxylic acids is 1. The van der Waals surface area contributed by atoms with Crippen LogP contribution in [-0.4, -0.2) is 41.8 Å². The molecule has 0 aliphatic carbocycles. The van der Waals surface area contributed by atoms with Crippen LogP contribution in [0.25, 0.3) is 0 Å². The number of hydrogen-bond acceptors (Lipinski definition) is 4. The molecule has 1 atom stereocenters. The highest BCUT2D eigenvalue weighted by Crippen LogP contribution is 2.31. The third-order valence-corrected chi connectivity index (χ3v) is 5.56. The van der Waals surface area contributed by atoms with Crippen LogP contribution >= 0.6 is 27.3 Å². The fourth-order valence-electron chi connectivity index (χ4n) is 2.47. The minimum atomic E-state index is -0.792. The third kappa shape index (κ3) is 4.55. The highest BCUT2D eigenvalue weighted by Gasteiger charge is 2.24. The van der Waals surface area contributed by atoms with E-state index in [0.29, 0.717) is 12.6 Å². The van der Waals surface area contributed by atoms with E-state index in [1.54, 1.807) is 11.3 Å². The quantitative estimate of drug-likeness (QED) is 0.841. The number of halogens is 1. The second-order valence-corrected chi connectivity index (χ2v) is 6.95. The van der Waals surface area contributed by atoms with Crippen LogP contribution in [0.4, 0.5) is 0 Å². The zero-order chi connectivity index (χ0) is 14.5. The summed E-state index contributed by atoms with van der Waals surface area (Å²) in [7, 11) is 0. The number of carboxylic acid groups (broad SMARTS) is 1. The molecule has 1 saturated heterocycles. The van der Waals surface area contributed by atoms with E-state index >= 15 is 0 Å². The second-order valence-electron chi connectivity index (χ2n) is 5.09. The molecular formula is C14H20BrNO3S. The van der Waals surface area contributed by atoms with Crippen LogP contribution < -0.4 is 0 Å². The van der Waals surface area contributed by atoms with Crippen LogP contribution in [-0.2, 0) is 9.53 Å². The highest BCUT2D eigenvalue weighted by atomic mass is 79.9. The molecule has 0 spiro atoms. The SMILES string of the molecule is CC(c1cc(Br)cs1)N1CCC(OCCC(=O)O)CC1. The van der Waals surface area contributed by atoms with Crippen LogP contribution in [0.15, 0.2) is 15.9 Å². The molecule has 1 unspecified atom stereocenters. The number of likely N-dealkylation sites (tertiary alicyclic amines) is 1. The monoisotopic (exact) mass is 361 g/mol. The molecule has 0 bridgehead atoms. The molecule has 20 heavy (non-hydrogen) atoms. The van der Waals surface area contributed by atoms with Crippen LogP contribution in [0.1, 0.15) is 37.1 Å². The van der Waals surface area contributed by atoms with Gasteiger partial charge in [-0.15, -0.1) is 11.3 Å². The fourth-order valence-corrected chi connectivity index (χ4v) is 4.01. The zero-order valence-corrected chi connectivity index (χ0v) is 14.0. The molecule has 0 amide bonds. The third-order valence-electron chi connectivity index (χ3n) is 3.69.